The number of esters is 2. The normalized spacial score (nSPS) is 10.2. The average Bonchev–Trinajstić information content (AvgIpc) is 2.83. The summed E-state index contributed by atoms with van der Waals surface area (Å²) >= 11 is 0. The fourth-order valence-corrected chi connectivity index (χ4v) is 2.34. The highest BCUT2D eigenvalue weighted by Gasteiger charge is 2.28. The number of hydrogen-bond donors (Lipinski definition) is 6. The molecule has 0 saturated heterocycles. The summed E-state index contributed by atoms with van der Waals surface area (Å²) in [5.41, 5.74) is -7.56. The van der Waals surface area contributed by atoms with Crippen LogP contribution in [0.15, 0.2) is 33.9 Å². The standard InChI is InChI=1S/C18H10O13/c19-7-1-5(13(15(25)26)11(23)3-9(7)21)17(29)31-18(30)6-2-8(20)10(22)4-12(24)14(6)16(27)28/h1-4,23-24H,(H,19,21)(H,20,22)(H,25,26)(H,27,28). The maximum atomic E-state index is 12.3. The highest BCUT2D eigenvalue weighted by Crippen LogP contribution is 2.25. The van der Waals surface area contributed by atoms with Crippen molar-refractivity contribution in [1.29, 1.82) is 0 Å². The van der Waals surface area contributed by atoms with E-state index in [1.807, 2.05) is 0 Å². The molecular weight excluding hydrogens is 424 g/mol. The molecule has 6 N–H and O–H groups in total. The minimum absolute atomic E-state index is 0.236. The molecule has 2 aromatic rings. The quantitative estimate of drug-likeness (QED) is 0.266. The first-order valence-corrected chi connectivity index (χ1v) is 7.78. The van der Waals surface area contributed by atoms with Gasteiger partial charge in [0.15, 0.2) is 11.5 Å². The van der Waals surface area contributed by atoms with Gasteiger partial charge in [-0.3, -0.25) is 9.59 Å². The van der Waals surface area contributed by atoms with Crippen LogP contribution in [-0.4, -0.2) is 54.5 Å². The lowest BCUT2D eigenvalue weighted by Gasteiger charge is -2.06. The molecule has 0 saturated carbocycles. The van der Waals surface area contributed by atoms with Gasteiger partial charge in [-0.2, -0.15) is 0 Å². The lowest BCUT2D eigenvalue weighted by Crippen LogP contribution is -2.19. The van der Waals surface area contributed by atoms with Crippen LogP contribution in [0.25, 0.3) is 0 Å². The van der Waals surface area contributed by atoms with Crippen molar-refractivity contribution in [3.05, 3.63) is 67.0 Å². The monoisotopic (exact) mass is 434 g/mol. The van der Waals surface area contributed by atoms with E-state index in [4.69, 9.17) is 0 Å². The third-order valence-electron chi connectivity index (χ3n) is 3.71. The Morgan fingerprint density at radius 3 is 1.19 bits per heavy atom. The van der Waals surface area contributed by atoms with Crippen LogP contribution >= 0.6 is 0 Å². The molecule has 2 aromatic carbocycles. The molecule has 0 aromatic heterocycles. The van der Waals surface area contributed by atoms with Crippen LogP contribution in [0.3, 0.4) is 0 Å². The molecule has 0 aliphatic carbocycles. The maximum Gasteiger partial charge on any atom is 0.347 e. The van der Waals surface area contributed by atoms with Gasteiger partial charge in [0.1, 0.15) is 22.6 Å². The zero-order valence-corrected chi connectivity index (χ0v) is 14.9. The second-order valence-electron chi connectivity index (χ2n) is 5.71. The van der Waals surface area contributed by atoms with Gasteiger partial charge in [-0.1, -0.05) is 0 Å². The van der Waals surface area contributed by atoms with Crippen LogP contribution in [0.4, 0.5) is 0 Å². The summed E-state index contributed by atoms with van der Waals surface area (Å²) in [6, 6.07) is 1.13. The van der Waals surface area contributed by atoms with Crippen molar-refractivity contribution >= 4 is 23.9 Å². The van der Waals surface area contributed by atoms with Crippen LogP contribution < -0.4 is 10.9 Å². The van der Waals surface area contributed by atoms with Gasteiger partial charge in [-0.25, -0.2) is 19.2 Å². The van der Waals surface area contributed by atoms with E-state index < -0.39 is 80.0 Å². The number of aromatic hydroxyl groups is 4. The van der Waals surface area contributed by atoms with Crippen molar-refractivity contribution in [2.24, 2.45) is 0 Å². The smallest absolute Gasteiger partial charge is 0.347 e. The molecule has 0 spiro atoms. The minimum Gasteiger partial charge on any atom is -0.507 e. The summed E-state index contributed by atoms with van der Waals surface area (Å²) in [6.07, 6.45) is 0. The summed E-state index contributed by atoms with van der Waals surface area (Å²) in [6.45, 7) is 0. The summed E-state index contributed by atoms with van der Waals surface area (Å²) in [5.74, 6) is -12.5. The number of ether oxygens (including phenoxy) is 1. The molecule has 0 unspecified atom stereocenters. The highest BCUT2D eigenvalue weighted by atomic mass is 16.6. The lowest BCUT2D eigenvalue weighted by atomic mass is 10.1. The number of rotatable bonds is 4. The number of hydrogen-bond acceptors (Lipinski definition) is 11. The molecule has 160 valence electrons. The minimum atomic E-state index is -1.96. The van der Waals surface area contributed by atoms with Crippen molar-refractivity contribution < 1.29 is 54.6 Å². The molecule has 0 fully saturated rings. The Labute approximate surface area is 169 Å². The van der Waals surface area contributed by atoms with E-state index >= 15 is 0 Å². The predicted molar refractivity (Wildman–Crippen MR) is 95.7 cm³/mol. The largest absolute Gasteiger partial charge is 0.507 e. The molecule has 0 aliphatic heterocycles. The molecule has 13 nitrogen and oxygen atoms in total. The van der Waals surface area contributed by atoms with Crippen molar-refractivity contribution in [2.45, 2.75) is 0 Å². The Morgan fingerprint density at radius 2 is 0.903 bits per heavy atom. The summed E-state index contributed by atoms with van der Waals surface area (Å²) in [4.78, 5) is 70.8. The van der Waals surface area contributed by atoms with Gasteiger partial charge >= 0.3 is 23.9 Å². The Hall–Kier alpha value is -4.94. The van der Waals surface area contributed by atoms with Gasteiger partial charge in [0, 0.05) is 24.3 Å². The molecule has 0 radical (unpaired) electrons. The van der Waals surface area contributed by atoms with E-state index in [1.165, 1.54) is 0 Å². The van der Waals surface area contributed by atoms with Crippen molar-refractivity contribution in [1.82, 2.24) is 0 Å². The second kappa shape index (κ2) is 8.20. The van der Waals surface area contributed by atoms with E-state index in [9.17, 15) is 59.4 Å². The molecule has 31 heavy (non-hydrogen) atoms. The molecule has 0 aliphatic rings. The third-order valence-corrected chi connectivity index (χ3v) is 3.71. The molecule has 0 heterocycles. The van der Waals surface area contributed by atoms with E-state index in [2.05, 4.69) is 4.74 Å². The predicted octanol–water partition coefficient (Wildman–Crippen LogP) is -0.377. The van der Waals surface area contributed by atoms with Gasteiger partial charge < -0.3 is 35.4 Å². The summed E-state index contributed by atoms with van der Waals surface area (Å²) in [7, 11) is 0. The number of carboxylic acids is 2. The van der Waals surface area contributed by atoms with Gasteiger partial charge in [0.2, 0.25) is 10.9 Å². The fraction of sp³-hybridized carbons (Fsp3) is 0. The zero-order valence-electron chi connectivity index (χ0n) is 14.9. The number of carbonyl (C=O) groups excluding carboxylic acids is 2. The first-order valence-electron chi connectivity index (χ1n) is 7.78. The van der Waals surface area contributed by atoms with Crippen molar-refractivity contribution in [2.75, 3.05) is 0 Å². The van der Waals surface area contributed by atoms with Crippen LogP contribution in [0, 0.1) is 0 Å². The number of carbonyl (C=O) groups is 4. The number of aromatic carboxylic acids is 2. The molecular formula is C18H10O13. The van der Waals surface area contributed by atoms with Gasteiger partial charge in [-0.05, 0) is 0 Å². The van der Waals surface area contributed by atoms with Crippen molar-refractivity contribution in [3.8, 4) is 23.0 Å². The average molecular weight is 434 g/mol. The van der Waals surface area contributed by atoms with Crippen LogP contribution in [0.1, 0.15) is 41.4 Å². The van der Waals surface area contributed by atoms with E-state index in [0.717, 1.165) is 0 Å². The van der Waals surface area contributed by atoms with E-state index in [0.29, 0.717) is 12.1 Å². The van der Waals surface area contributed by atoms with Gasteiger partial charge in [0.25, 0.3) is 0 Å². The molecule has 0 amide bonds. The topological polar surface area (TPSA) is 233 Å². The van der Waals surface area contributed by atoms with Crippen molar-refractivity contribution in [3.63, 3.8) is 0 Å². The first kappa shape index (κ1) is 22.4. The Bertz CT molecular complexity index is 1180. The Kier molecular flexibility index (Phi) is 5.91. The van der Waals surface area contributed by atoms with Crippen LogP contribution in [-0.2, 0) is 4.74 Å². The molecule has 13 heteroatoms. The van der Waals surface area contributed by atoms with E-state index in [1.54, 1.807) is 0 Å². The fourth-order valence-electron chi connectivity index (χ4n) is 2.34. The van der Waals surface area contributed by atoms with Gasteiger partial charge in [0.05, 0.1) is 11.1 Å². The summed E-state index contributed by atoms with van der Waals surface area (Å²) in [5, 5.41) is 56.6. The second-order valence-corrected chi connectivity index (χ2v) is 5.71. The maximum absolute atomic E-state index is 12.3. The highest BCUT2D eigenvalue weighted by molar-refractivity contribution is 6.11. The van der Waals surface area contributed by atoms with Crippen LogP contribution in [0.2, 0.25) is 0 Å². The molecule has 2 rings (SSSR count). The lowest BCUT2D eigenvalue weighted by molar-refractivity contribution is 0.0385. The zero-order chi connectivity index (χ0) is 23.6. The Morgan fingerprint density at radius 1 is 0.581 bits per heavy atom. The SMILES string of the molecule is O=C(OC(=O)c1cc(=O)c(O)cc(O)c1C(=O)O)c1cc(=O)c(O)cc(O)c1C(=O)O. The van der Waals surface area contributed by atoms with E-state index in [-0.39, 0.29) is 12.1 Å². The Balaban J connectivity index is 2.69. The third kappa shape index (κ3) is 4.40. The number of carboxylic acid groups (broad SMARTS) is 2. The summed E-state index contributed by atoms with van der Waals surface area (Å²) < 4.78 is 4.32. The molecule has 0 bridgehead atoms. The van der Waals surface area contributed by atoms with Crippen LogP contribution in [0.5, 0.6) is 23.0 Å². The first-order chi connectivity index (χ1) is 14.3. The molecule has 0 atom stereocenters. The van der Waals surface area contributed by atoms with Gasteiger partial charge in [-0.15, -0.1) is 0 Å².